The maximum absolute atomic E-state index is 16.2. The summed E-state index contributed by atoms with van der Waals surface area (Å²) in [5.41, 5.74) is 0.0662. The number of nitrogens with one attached hydrogen (secondary N) is 1. The third-order valence-electron chi connectivity index (χ3n) is 9.77. The van der Waals surface area contributed by atoms with Gasteiger partial charge in [0.2, 0.25) is 0 Å². The summed E-state index contributed by atoms with van der Waals surface area (Å²) in [7, 11) is 0. The highest BCUT2D eigenvalue weighted by Gasteiger charge is 2.49. The second-order valence-corrected chi connectivity index (χ2v) is 11.4. The Bertz CT molecular complexity index is 546. The van der Waals surface area contributed by atoms with Crippen LogP contribution in [0.5, 0.6) is 0 Å². The average molecular weight is 421 g/mol. The Morgan fingerprint density at radius 2 is 1.57 bits per heavy atom. The van der Waals surface area contributed by atoms with E-state index in [1.54, 1.807) is 0 Å². The summed E-state index contributed by atoms with van der Waals surface area (Å²) in [5.74, 6) is 2.09. The highest BCUT2D eigenvalue weighted by atomic mass is 19.1. The summed E-state index contributed by atoms with van der Waals surface area (Å²) in [6, 6.07) is 0.455. The van der Waals surface area contributed by atoms with E-state index in [-0.39, 0.29) is 11.5 Å². The minimum absolute atomic E-state index is 0.0662. The second kappa shape index (κ2) is 9.75. The van der Waals surface area contributed by atoms with Crippen LogP contribution in [-0.4, -0.2) is 55.5 Å². The number of alkyl halides is 1. The third-order valence-corrected chi connectivity index (χ3v) is 9.77. The van der Waals surface area contributed by atoms with Gasteiger partial charge in [0.1, 0.15) is 6.17 Å². The van der Waals surface area contributed by atoms with E-state index in [0.717, 1.165) is 44.9 Å². The molecule has 0 amide bonds. The van der Waals surface area contributed by atoms with Crippen LogP contribution in [0.3, 0.4) is 0 Å². The van der Waals surface area contributed by atoms with Crippen molar-refractivity contribution < 1.29 is 9.13 Å². The Labute approximate surface area is 183 Å². The van der Waals surface area contributed by atoms with Gasteiger partial charge in [-0.1, -0.05) is 44.9 Å². The summed E-state index contributed by atoms with van der Waals surface area (Å²) < 4.78 is 22.2. The molecule has 2 saturated carbocycles. The lowest BCUT2D eigenvalue weighted by atomic mass is 9.63. The molecule has 5 rings (SSSR count). The van der Waals surface area contributed by atoms with Crippen molar-refractivity contribution >= 4 is 0 Å². The zero-order chi connectivity index (χ0) is 20.4. The largest absolute Gasteiger partial charge is 0.378 e. The SMILES string of the molecule is FC1C2CCCC1C1CCCCC1CCCCCN1CCC[C@@]3(COCCN3)[C@@H]1C2. The maximum atomic E-state index is 16.2. The van der Waals surface area contributed by atoms with Crippen LogP contribution in [0.4, 0.5) is 4.39 Å². The topological polar surface area (TPSA) is 24.5 Å². The van der Waals surface area contributed by atoms with Gasteiger partial charge in [-0.3, -0.25) is 4.90 Å². The predicted octanol–water partition coefficient (Wildman–Crippen LogP) is 5.33. The normalized spacial score (nSPS) is 46.7. The Hall–Kier alpha value is -0.190. The number of rotatable bonds is 0. The summed E-state index contributed by atoms with van der Waals surface area (Å²) in [5, 5.41) is 3.90. The molecular weight excluding hydrogens is 375 g/mol. The van der Waals surface area contributed by atoms with Crippen molar-refractivity contribution in [2.75, 3.05) is 32.8 Å². The summed E-state index contributed by atoms with van der Waals surface area (Å²) >= 11 is 0. The Balaban J connectivity index is 1.41. The Morgan fingerprint density at radius 1 is 0.800 bits per heavy atom. The van der Waals surface area contributed by atoms with Crippen molar-refractivity contribution in [1.29, 1.82) is 0 Å². The molecule has 1 N–H and O–H groups in total. The van der Waals surface area contributed by atoms with E-state index in [2.05, 4.69) is 10.2 Å². The zero-order valence-electron chi connectivity index (χ0n) is 19.1. The Morgan fingerprint density at radius 3 is 2.43 bits per heavy atom. The van der Waals surface area contributed by atoms with Crippen molar-refractivity contribution in [1.82, 2.24) is 10.2 Å². The van der Waals surface area contributed by atoms with E-state index in [4.69, 9.17) is 4.74 Å². The number of fused-ring (bicyclic) bond motifs is 6. The highest BCUT2D eigenvalue weighted by molar-refractivity contribution is 5.06. The molecule has 0 aromatic carbocycles. The number of halogens is 1. The number of ether oxygens (including phenoxy) is 1. The lowest BCUT2D eigenvalue weighted by Gasteiger charge is -2.54. The zero-order valence-corrected chi connectivity index (χ0v) is 19.1. The average Bonchev–Trinajstić information content (AvgIpc) is 2.78. The molecule has 5 fully saturated rings. The van der Waals surface area contributed by atoms with Gasteiger partial charge in [-0.25, -0.2) is 4.39 Å². The first kappa shape index (κ1) is 21.6. The minimum Gasteiger partial charge on any atom is -0.378 e. The van der Waals surface area contributed by atoms with Crippen LogP contribution >= 0.6 is 0 Å². The van der Waals surface area contributed by atoms with Gasteiger partial charge in [0, 0.05) is 12.6 Å². The molecule has 3 aliphatic heterocycles. The lowest BCUT2D eigenvalue weighted by Crippen LogP contribution is -2.69. The molecule has 2 bridgehead atoms. The summed E-state index contributed by atoms with van der Waals surface area (Å²) in [4.78, 5) is 2.76. The van der Waals surface area contributed by atoms with Gasteiger partial charge in [0.15, 0.2) is 0 Å². The van der Waals surface area contributed by atoms with Gasteiger partial charge in [0.25, 0.3) is 0 Å². The number of morpholine rings is 1. The van der Waals surface area contributed by atoms with Gasteiger partial charge in [-0.15, -0.1) is 0 Å². The fourth-order valence-electron chi connectivity index (χ4n) is 8.29. The molecule has 7 atom stereocenters. The van der Waals surface area contributed by atoms with Crippen molar-refractivity contribution in [3.05, 3.63) is 0 Å². The monoisotopic (exact) mass is 420 g/mol. The molecule has 3 nitrogen and oxygen atoms in total. The van der Waals surface area contributed by atoms with Gasteiger partial charge >= 0.3 is 0 Å². The fourth-order valence-corrected chi connectivity index (χ4v) is 8.29. The van der Waals surface area contributed by atoms with Crippen LogP contribution in [-0.2, 0) is 4.74 Å². The molecule has 4 heteroatoms. The minimum atomic E-state index is -0.574. The van der Waals surface area contributed by atoms with E-state index >= 15 is 4.39 Å². The summed E-state index contributed by atoms with van der Waals surface area (Å²) in [6.07, 6.45) is 17.2. The number of hydrogen-bond donors (Lipinski definition) is 1. The first-order chi connectivity index (χ1) is 14.8. The van der Waals surface area contributed by atoms with Gasteiger partial charge in [-0.2, -0.15) is 0 Å². The summed E-state index contributed by atoms with van der Waals surface area (Å²) in [6.45, 7) is 5.02. The molecule has 0 aromatic rings. The van der Waals surface area contributed by atoms with Crippen LogP contribution in [0.15, 0.2) is 0 Å². The first-order valence-corrected chi connectivity index (χ1v) is 13.5. The molecule has 5 aliphatic rings. The van der Waals surface area contributed by atoms with Crippen LogP contribution in [0.2, 0.25) is 0 Å². The van der Waals surface area contributed by atoms with Crippen molar-refractivity contribution in [3.63, 3.8) is 0 Å². The first-order valence-electron chi connectivity index (χ1n) is 13.5. The van der Waals surface area contributed by atoms with Crippen LogP contribution in [0, 0.1) is 23.7 Å². The second-order valence-electron chi connectivity index (χ2n) is 11.4. The maximum Gasteiger partial charge on any atom is 0.106 e. The standard InChI is InChI=1S/C26H45FN2O/c27-25-21-10-6-12-23(25)22-11-4-3-9-20(22)8-2-1-5-15-29-16-7-13-26(24(29)18-21)19-30-17-14-28-26/h20-25,28H,1-19H2/t20?,21?,22?,23?,24-,25?,26+/m0/s1. The van der Waals surface area contributed by atoms with Crippen molar-refractivity contribution in [3.8, 4) is 0 Å². The van der Waals surface area contributed by atoms with Crippen molar-refractivity contribution in [2.24, 2.45) is 23.7 Å². The molecular formula is C26H45FN2O. The number of nitrogens with zero attached hydrogens (tertiary/aromatic N) is 1. The van der Waals surface area contributed by atoms with Gasteiger partial charge < -0.3 is 10.1 Å². The van der Waals surface area contributed by atoms with Crippen LogP contribution in [0.1, 0.15) is 89.9 Å². The molecule has 3 heterocycles. The molecule has 0 aromatic heterocycles. The molecule has 3 saturated heterocycles. The van der Waals surface area contributed by atoms with Crippen molar-refractivity contribution in [2.45, 2.75) is 108 Å². The molecule has 0 radical (unpaired) electrons. The van der Waals surface area contributed by atoms with E-state index in [1.807, 2.05) is 0 Å². The molecule has 2 aliphatic carbocycles. The van der Waals surface area contributed by atoms with Crippen LogP contribution < -0.4 is 5.32 Å². The molecule has 1 spiro atoms. The number of piperidine rings is 1. The Kier molecular flexibility index (Phi) is 7.03. The van der Waals surface area contributed by atoms with E-state index in [1.165, 1.54) is 83.7 Å². The van der Waals surface area contributed by atoms with Gasteiger partial charge in [-0.05, 0) is 81.7 Å². The molecule has 5 unspecified atom stereocenters. The number of hydrogen-bond acceptors (Lipinski definition) is 3. The highest BCUT2D eigenvalue weighted by Crippen LogP contribution is 2.48. The quantitative estimate of drug-likeness (QED) is 0.573. The van der Waals surface area contributed by atoms with Crippen LogP contribution in [0.25, 0.3) is 0 Å². The van der Waals surface area contributed by atoms with E-state index in [9.17, 15) is 0 Å². The lowest BCUT2D eigenvalue weighted by molar-refractivity contribution is -0.0657. The predicted molar refractivity (Wildman–Crippen MR) is 120 cm³/mol. The smallest absolute Gasteiger partial charge is 0.106 e. The third kappa shape index (κ3) is 4.35. The molecule has 172 valence electrons. The van der Waals surface area contributed by atoms with E-state index < -0.39 is 6.17 Å². The van der Waals surface area contributed by atoms with E-state index in [0.29, 0.717) is 17.9 Å². The molecule has 30 heavy (non-hydrogen) atoms. The fraction of sp³-hybridized carbons (Fsp3) is 1.00. The van der Waals surface area contributed by atoms with Gasteiger partial charge in [0.05, 0.1) is 18.8 Å².